The first kappa shape index (κ1) is 16.9. The summed E-state index contributed by atoms with van der Waals surface area (Å²) in [5, 5.41) is 9.95. The number of ether oxygens (including phenoxy) is 1. The van der Waals surface area contributed by atoms with E-state index in [4.69, 9.17) is 4.74 Å². The highest BCUT2D eigenvalue weighted by Gasteiger charge is 2.20. The molecular formula is C20H23NO2S. The third-order valence-electron chi connectivity index (χ3n) is 4.11. The molecule has 24 heavy (non-hydrogen) atoms. The van der Waals surface area contributed by atoms with Crippen LogP contribution in [0, 0.1) is 0 Å². The molecule has 0 radical (unpaired) electrons. The van der Waals surface area contributed by atoms with E-state index in [0.717, 1.165) is 30.0 Å². The van der Waals surface area contributed by atoms with Gasteiger partial charge in [-0.15, -0.1) is 11.8 Å². The van der Waals surface area contributed by atoms with Crippen LogP contribution in [-0.4, -0.2) is 43.5 Å². The first-order valence-corrected chi connectivity index (χ1v) is 9.04. The average molecular weight is 341 g/mol. The lowest BCUT2D eigenvalue weighted by Crippen LogP contribution is -2.16. The van der Waals surface area contributed by atoms with Gasteiger partial charge < -0.3 is 14.7 Å². The summed E-state index contributed by atoms with van der Waals surface area (Å²) in [6, 6.07) is 13.8. The van der Waals surface area contributed by atoms with Gasteiger partial charge in [-0.25, -0.2) is 0 Å². The first-order chi connectivity index (χ1) is 11.6. The molecule has 1 N–H and O–H groups in total. The van der Waals surface area contributed by atoms with E-state index >= 15 is 0 Å². The van der Waals surface area contributed by atoms with Gasteiger partial charge >= 0.3 is 0 Å². The monoisotopic (exact) mass is 341 g/mol. The van der Waals surface area contributed by atoms with Crippen LogP contribution in [0.1, 0.15) is 17.5 Å². The zero-order chi connectivity index (χ0) is 17.1. The Kier molecular flexibility index (Phi) is 5.17. The first-order valence-electron chi connectivity index (χ1n) is 8.06. The molecule has 0 aliphatic carbocycles. The van der Waals surface area contributed by atoms with E-state index in [-0.39, 0.29) is 0 Å². The Morgan fingerprint density at radius 3 is 2.71 bits per heavy atom. The van der Waals surface area contributed by atoms with Crippen molar-refractivity contribution in [2.24, 2.45) is 0 Å². The molecule has 3 nitrogen and oxygen atoms in total. The fourth-order valence-electron chi connectivity index (χ4n) is 3.12. The molecule has 0 amide bonds. The van der Waals surface area contributed by atoms with Crippen molar-refractivity contribution in [1.82, 2.24) is 4.90 Å². The Morgan fingerprint density at radius 1 is 1.17 bits per heavy atom. The second-order valence-corrected chi connectivity index (χ2v) is 7.36. The standard InChI is InChI=1S/C20H23NO2S/c1-21(2)13-15-9-10-24-19-12-17(23-3)7-8-18(19)20(15)14-5-4-6-16(22)11-14/h4-8,11-12,22H,9-10,13H2,1-3H3. The summed E-state index contributed by atoms with van der Waals surface area (Å²) in [6.07, 6.45) is 1.03. The van der Waals surface area contributed by atoms with Crippen molar-refractivity contribution < 1.29 is 9.84 Å². The normalized spacial score (nSPS) is 14.5. The molecule has 0 saturated carbocycles. The summed E-state index contributed by atoms with van der Waals surface area (Å²) >= 11 is 1.87. The topological polar surface area (TPSA) is 32.7 Å². The minimum absolute atomic E-state index is 0.302. The zero-order valence-electron chi connectivity index (χ0n) is 14.4. The number of benzene rings is 2. The lowest BCUT2D eigenvalue weighted by atomic mass is 9.91. The molecule has 126 valence electrons. The molecule has 1 aliphatic rings. The maximum Gasteiger partial charge on any atom is 0.120 e. The van der Waals surface area contributed by atoms with Crippen LogP contribution in [0.25, 0.3) is 5.57 Å². The minimum atomic E-state index is 0.302. The Morgan fingerprint density at radius 2 is 2.00 bits per heavy atom. The van der Waals surface area contributed by atoms with Gasteiger partial charge in [-0.1, -0.05) is 12.1 Å². The predicted molar refractivity (Wildman–Crippen MR) is 101 cm³/mol. The molecule has 4 heteroatoms. The van der Waals surface area contributed by atoms with Crippen molar-refractivity contribution in [2.45, 2.75) is 11.3 Å². The smallest absolute Gasteiger partial charge is 0.120 e. The van der Waals surface area contributed by atoms with Gasteiger partial charge in [-0.2, -0.15) is 0 Å². The van der Waals surface area contributed by atoms with Crippen LogP contribution in [0.3, 0.4) is 0 Å². The molecule has 2 aromatic carbocycles. The van der Waals surface area contributed by atoms with Gasteiger partial charge in [-0.3, -0.25) is 0 Å². The Bertz CT molecular complexity index is 768. The summed E-state index contributed by atoms with van der Waals surface area (Å²) in [5.74, 6) is 2.23. The second-order valence-electron chi connectivity index (χ2n) is 6.23. The van der Waals surface area contributed by atoms with Crippen molar-refractivity contribution in [3.8, 4) is 11.5 Å². The highest BCUT2D eigenvalue weighted by atomic mass is 32.2. The molecule has 1 aliphatic heterocycles. The largest absolute Gasteiger partial charge is 0.508 e. The molecule has 0 bridgehead atoms. The van der Waals surface area contributed by atoms with Gasteiger partial charge in [0, 0.05) is 17.2 Å². The number of methoxy groups -OCH3 is 1. The summed E-state index contributed by atoms with van der Waals surface area (Å²) in [5.41, 5.74) is 4.94. The molecule has 0 aromatic heterocycles. The van der Waals surface area contributed by atoms with Crippen LogP contribution in [0.2, 0.25) is 0 Å². The van der Waals surface area contributed by atoms with Crippen molar-refractivity contribution in [2.75, 3.05) is 33.5 Å². The number of likely N-dealkylation sites (N-methyl/N-ethyl adjacent to an activating group) is 1. The molecule has 0 atom stereocenters. The molecular weight excluding hydrogens is 318 g/mol. The van der Waals surface area contributed by atoms with Crippen LogP contribution in [-0.2, 0) is 0 Å². The van der Waals surface area contributed by atoms with Crippen LogP contribution in [0.4, 0.5) is 0 Å². The van der Waals surface area contributed by atoms with E-state index in [9.17, 15) is 5.11 Å². The quantitative estimate of drug-likeness (QED) is 0.901. The van der Waals surface area contributed by atoms with E-state index < -0.39 is 0 Å². The number of hydrogen-bond donors (Lipinski definition) is 1. The number of rotatable bonds is 4. The third-order valence-corrected chi connectivity index (χ3v) is 5.17. The lowest BCUT2D eigenvalue weighted by molar-refractivity contribution is 0.413. The van der Waals surface area contributed by atoms with Gasteiger partial charge in [0.2, 0.25) is 0 Å². The number of nitrogens with zero attached hydrogens (tertiary/aromatic N) is 1. The summed E-state index contributed by atoms with van der Waals surface area (Å²) in [7, 11) is 5.90. The Balaban J connectivity index is 2.21. The number of phenols is 1. The van der Waals surface area contributed by atoms with Gasteiger partial charge in [-0.05, 0) is 73.1 Å². The molecule has 0 fully saturated rings. The molecule has 0 spiro atoms. The maximum atomic E-state index is 9.95. The summed E-state index contributed by atoms with van der Waals surface area (Å²) < 4.78 is 5.39. The predicted octanol–water partition coefficient (Wildman–Crippen LogP) is 4.26. The SMILES string of the molecule is COc1ccc2c(c1)SCCC(CN(C)C)=C2c1cccc(O)c1. The highest BCUT2D eigenvalue weighted by Crippen LogP contribution is 2.41. The number of fused-ring (bicyclic) bond motifs is 1. The highest BCUT2D eigenvalue weighted by molar-refractivity contribution is 7.99. The molecule has 1 heterocycles. The maximum absolute atomic E-state index is 9.95. The fourth-order valence-corrected chi connectivity index (χ4v) is 4.21. The number of phenolic OH excluding ortho intramolecular Hbond substituents is 1. The minimum Gasteiger partial charge on any atom is -0.508 e. The van der Waals surface area contributed by atoms with Crippen molar-refractivity contribution in [1.29, 1.82) is 0 Å². The van der Waals surface area contributed by atoms with E-state index in [1.807, 2.05) is 30.0 Å². The van der Waals surface area contributed by atoms with Gasteiger partial charge in [0.05, 0.1) is 7.11 Å². The molecule has 3 rings (SSSR count). The van der Waals surface area contributed by atoms with Crippen molar-refractivity contribution in [3.05, 3.63) is 59.2 Å². The van der Waals surface area contributed by atoms with E-state index in [1.165, 1.54) is 21.6 Å². The molecule has 2 aromatic rings. The van der Waals surface area contributed by atoms with Crippen molar-refractivity contribution in [3.63, 3.8) is 0 Å². The van der Waals surface area contributed by atoms with Gasteiger partial charge in [0.15, 0.2) is 0 Å². The number of aromatic hydroxyl groups is 1. The van der Waals surface area contributed by atoms with Crippen LogP contribution < -0.4 is 4.74 Å². The number of thioether (sulfide) groups is 1. The zero-order valence-corrected chi connectivity index (χ0v) is 15.2. The van der Waals surface area contributed by atoms with Gasteiger partial charge in [0.25, 0.3) is 0 Å². The van der Waals surface area contributed by atoms with Crippen molar-refractivity contribution >= 4 is 17.3 Å². The summed E-state index contributed by atoms with van der Waals surface area (Å²) in [6.45, 7) is 0.914. The lowest BCUT2D eigenvalue weighted by Gasteiger charge is -2.19. The van der Waals surface area contributed by atoms with Crippen LogP contribution >= 0.6 is 11.8 Å². The van der Waals surface area contributed by atoms with E-state index in [0.29, 0.717) is 5.75 Å². The summed E-state index contributed by atoms with van der Waals surface area (Å²) in [4.78, 5) is 3.44. The van der Waals surface area contributed by atoms with Crippen LogP contribution in [0.5, 0.6) is 11.5 Å². The Hall–Kier alpha value is -1.91. The van der Waals surface area contributed by atoms with Crippen LogP contribution in [0.15, 0.2) is 52.9 Å². The fraction of sp³-hybridized carbons (Fsp3) is 0.300. The van der Waals surface area contributed by atoms with Gasteiger partial charge in [0.1, 0.15) is 11.5 Å². The molecule has 0 unspecified atom stereocenters. The number of hydrogen-bond acceptors (Lipinski definition) is 4. The van der Waals surface area contributed by atoms with E-state index in [1.54, 1.807) is 13.2 Å². The average Bonchev–Trinajstić information content (AvgIpc) is 2.72. The molecule has 0 saturated heterocycles. The van der Waals surface area contributed by atoms with E-state index in [2.05, 4.69) is 37.2 Å². The third kappa shape index (κ3) is 3.60. The Labute approximate surface area is 148 Å². The second kappa shape index (κ2) is 7.32.